The van der Waals surface area contributed by atoms with Crippen LogP contribution in [0.4, 0.5) is 0 Å². The summed E-state index contributed by atoms with van der Waals surface area (Å²) in [7, 11) is 0. The van der Waals surface area contributed by atoms with E-state index in [0.717, 1.165) is 45.8 Å². The van der Waals surface area contributed by atoms with Gasteiger partial charge in [-0.1, -0.05) is 35.5 Å². The Morgan fingerprint density at radius 3 is 2.59 bits per heavy atom. The molecule has 0 aliphatic heterocycles. The van der Waals surface area contributed by atoms with Crippen molar-refractivity contribution in [2.75, 3.05) is 0 Å². The normalized spacial score (nSPS) is 12.0. The molecule has 5 rings (SSSR count). The highest BCUT2D eigenvalue weighted by Crippen LogP contribution is 2.27. The van der Waals surface area contributed by atoms with Crippen LogP contribution in [0.15, 0.2) is 66.3 Å². The predicted molar refractivity (Wildman–Crippen MR) is 123 cm³/mol. The number of rotatable bonds is 6. The van der Waals surface area contributed by atoms with Gasteiger partial charge in [-0.2, -0.15) is 0 Å². The maximum Gasteiger partial charge on any atom is 0.192 e. The van der Waals surface area contributed by atoms with Gasteiger partial charge in [-0.15, -0.1) is 5.10 Å². The van der Waals surface area contributed by atoms with E-state index in [2.05, 4.69) is 38.6 Å². The number of oxime groups is 1. The Bertz CT molecular complexity index is 1420. The molecule has 0 aliphatic rings. The molecular weight excluding hydrogens is 402 g/mol. The van der Waals surface area contributed by atoms with Crippen LogP contribution in [0.3, 0.4) is 0 Å². The molecule has 0 saturated heterocycles. The van der Waals surface area contributed by atoms with Gasteiger partial charge in [0.25, 0.3) is 0 Å². The van der Waals surface area contributed by atoms with Crippen LogP contribution in [-0.4, -0.2) is 34.8 Å². The molecule has 4 heterocycles. The Hall–Kier alpha value is -4.07. The van der Waals surface area contributed by atoms with Gasteiger partial charge >= 0.3 is 0 Å². The second-order valence-corrected chi connectivity index (χ2v) is 7.71. The van der Waals surface area contributed by atoms with Crippen LogP contribution in [-0.2, 0) is 18.0 Å². The molecule has 0 fully saturated rings. The van der Waals surface area contributed by atoms with Gasteiger partial charge in [-0.3, -0.25) is 4.98 Å². The fraction of sp³-hybridized carbons (Fsp3) is 0.208. The molecule has 0 atom stereocenters. The maximum absolute atomic E-state index is 5.53. The SMILES string of the molecule is C/C(=N\OCc1nc2c3c(C)c(C)n(Cc4ccncc4)c3ncn2n1)c1ccccc1. The van der Waals surface area contributed by atoms with Gasteiger partial charge in [0.1, 0.15) is 12.0 Å². The van der Waals surface area contributed by atoms with Crippen LogP contribution in [0, 0.1) is 13.8 Å². The average Bonchev–Trinajstić information content (AvgIpc) is 3.34. The molecule has 8 heteroatoms. The van der Waals surface area contributed by atoms with E-state index in [1.807, 2.05) is 61.8 Å². The quantitative estimate of drug-likeness (QED) is 0.302. The Labute approximate surface area is 185 Å². The number of fused-ring (bicyclic) bond motifs is 3. The minimum atomic E-state index is 0.184. The zero-order chi connectivity index (χ0) is 22.1. The standard InChI is InChI=1S/C24H23N7O/c1-16-18(3)30(13-19-9-11-25-12-10-19)23-22(16)24-27-21(28-31(24)15-26-23)14-32-29-17(2)20-7-5-4-6-8-20/h4-12,15H,13-14H2,1-3H3/b29-17+. The van der Waals surface area contributed by atoms with Crippen LogP contribution in [0.2, 0.25) is 0 Å². The second-order valence-electron chi connectivity index (χ2n) is 7.71. The molecule has 1 aromatic carbocycles. The molecule has 160 valence electrons. The van der Waals surface area contributed by atoms with Crippen molar-refractivity contribution < 1.29 is 4.84 Å². The summed E-state index contributed by atoms with van der Waals surface area (Å²) in [6.07, 6.45) is 5.32. The molecule has 32 heavy (non-hydrogen) atoms. The molecule has 0 bridgehead atoms. The van der Waals surface area contributed by atoms with Gasteiger partial charge in [0.15, 0.2) is 18.1 Å². The highest BCUT2D eigenvalue weighted by atomic mass is 16.6. The number of aryl methyl sites for hydroxylation is 1. The van der Waals surface area contributed by atoms with Crippen molar-refractivity contribution in [1.82, 2.24) is 29.1 Å². The number of nitrogens with zero attached hydrogens (tertiary/aromatic N) is 7. The summed E-state index contributed by atoms with van der Waals surface area (Å²) >= 11 is 0. The van der Waals surface area contributed by atoms with E-state index < -0.39 is 0 Å². The minimum absolute atomic E-state index is 0.184. The Morgan fingerprint density at radius 2 is 1.81 bits per heavy atom. The average molecular weight is 425 g/mol. The zero-order valence-electron chi connectivity index (χ0n) is 18.2. The van der Waals surface area contributed by atoms with Crippen molar-refractivity contribution in [1.29, 1.82) is 0 Å². The summed E-state index contributed by atoms with van der Waals surface area (Å²) in [5.74, 6) is 0.558. The molecule has 0 unspecified atom stereocenters. The molecule has 0 radical (unpaired) electrons. The third-order valence-electron chi connectivity index (χ3n) is 5.67. The Balaban J connectivity index is 1.45. The number of pyridine rings is 1. The molecule has 4 aromatic heterocycles. The smallest absolute Gasteiger partial charge is 0.192 e. The summed E-state index contributed by atoms with van der Waals surface area (Å²) in [5.41, 5.74) is 6.95. The largest absolute Gasteiger partial charge is 0.387 e. The first kappa shape index (κ1) is 19.9. The first-order valence-electron chi connectivity index (χ1n) is 10.4. The van der Waals surface area contributed by atoms with E-state index in [0.29, 0.717) is 5.82 Å². The summed E-state index contributed by atoms with van der Waals surface area (Å²) in [6, 6.07) is 13.9. The lowest BCUT2D eigenvalue weighted by molar-refractivity contribution is 0.125. The van der Waals surface area contributed by atoms with Crippen molar-refractivity contribution in [2.24, 2.45) is 5.16 Å². The molecule has 0 saturated carbocycles. The van der Waals surface area contributed by atoms with E-state index in [-0.39, 0.29) is 6.61 Å². The van der Waals surface area contributed by atoms with E-state index in [9.17, 15) is 0 Å². The topological polar surface area (TPSA) is 82.5 Å². The van der Waals surface area contributed by atoms with Crippen LogP contribution in [0.25, 0.3) is 16.7 Å². The van der Waals surface area contributed by atoms with Gasteiger partial charge in [0.2, 0.25) is 0 Å². The van der Waals surface area contributed by atoms with E-state index in [1.54, 1.807) is 10.8 Å². The van der Waals surface area contributed by atoms with E-state index in [1.165, 1.54) is 5.56 Å². The van der Waals surface area contributed by atoms with Gasteiger partial charge < -0.3 is 9.40 Å². The van der Waals surface area contributed by atoms with Gasteiger partial charge in [0, 0.05) is 24.6 Å². The Kier molecular flexibility index (Phi) is 5.10. The zero-order valence-corrected chi connectivity index (χ0v) is 18.2. The van der Waals surface area contributed by atoms with Crippen LogP contribution in [0.1, 0.15) is 35.1 Å². The lowest BCUT2D eigenvalue weighted by atomic mass is 10.1. The predicted octanol–water partition coefficient (Wildman–Crippen LogP) is 4.08. The Morgan fingerprint density at radius 1 is 1.03 bits per heavy atom. The number of hydrogen-bond acceptors (Lipinski definition) is 6. The minimum Gasteiger partial charge on any atom is -0.387 e. The van der Waals surface area contributed by atoms with Crippen molar-refractivity contribution in [2.45, 2.75) is 33.9 Å². The highest BCUT2D eigenvalue weighted by molar-refractivity contribution is 5.98. The molecular formula is C24H23N7O. The van der Waals surface area contributed by atoms with Crippen LogP contribution < -0.4 is 0 Å². The first-order valence-corrected chi connectivity index (χ1v) is 10.4. The van der Waals surface area contributed by atoms with Crippen molar-refractivity contribution in [3.05, 3.63) is 89.4 Å². The van der Waals surface area contributed by atoms with Gasteiger partial charge in [-0.05, 0) is 49.6 Å². The fourth-order valence-electron chi connectivity index (χ4n) is 3.82. The van der Waals surface area contributed by atoms with Gasteiger partial charge in [-0.25, -0.2) is 14.5 Å². The summed E-state index contributed by atoms with van der Waals surface area (Å²) in [5, 5.41) is 9.74. The third-order valence-corrected chi connectivity index (χ3v) is 5.67. The van der Waals surface area contributed by atoms with Crippen molar-refractivity contribution >= 4 is 22.4 Å². The summed E-state index contributed by atoms with van der Waals surface area (Å²) in [6.45, 7) is 7.02. The number of hydrogen-bond donors (Lipinski definition) is 0. The summed E-state index contributed by atoms with van der Waals surface area (Å²) in [4.78, 5) is 19.1. The lowest BCUT2D eigenvalue weighted by Crippen LogP contribution is -2.03. The van der Waals surface area contributed by atoms with Crippen molar-refractivity contribution in [3.63, 3.8) is 0 Å². The molecule has 0 aliphatic carbocycles. The molecule has 8 nitrogen and oxygen atoms in total. The highest BCUT2D eigenvalue weighted by Gasteiger charge is 2.18. The van der Waals surface area contributed by atoms with E-state index in [4.69, 9.17) is 9.82 Å². The van der Waals surface area contributed by atoms with Gasteiger partial charge in [0.05, 0.1) is 11.1 Å². The van der Waals surface area contributed by atoms with Crippen molar-refractivity contribution in [3.8, 4) is 0 Å². The second kappa shape index (κ2) is 8.22. The lowest BCUT2D eigenvalue weighted by Gasteiger charge is -2.07. The number of benzene rings is 1. The maximum atomic E-state index is 5.53. The summed E-state index contributed by atoms with van der Waals surface area (Å²) < 4.78 is 3.91. The number of aromatic nitrogens is 6. The molecule has 0 amide bonds. The molecule has 0 spiro atoms. The molecule has 5 aromatic rings. The van der Waals surface area contributed by atoms with Crippen LogP contribution in [0.5, 0.6) is 0 Å². The monoisotopic (exact) mass is 425 g/mol. The fourth-order valence-corrected chi connectivity index (χ4v) is 3.82. The van der Waals surface area contributed by atoms with Crippen LogP contribution >= 0.6 is 0 Å². The molecule has 0 N–H and O–H groups in total. The third kappa shape index (κ3) is 3.60. The first-order chi connectivity index (χ1) is 15.6. The van der Waals surface area contributed by atoms with E-state index >= 15 is 0 Å².